The van der Waals surface area contributed by atoms with Crippen LogP contribution in [0.15, 0.2) is 35.2 Å². The van der Waals surface area contributed by atoms with Crippen LogP contribution in [0, 0.1) is 0 Å². The highest BCUT2D eigenvalue weighted by Crippen LogP contribution is 2.07. The van der Waals surface area contributed by atoms with E-state index in [1.165, 1.54) is 0 Å². The fourth-order valence-electron chi connectivity index (χ4n) is 1.83. The summed E-state index contributed by atoms with van der Waals surface area (Å²) >= 11 is 0. The van der Waals surface area contributed by atoms with E-state index in [1.54, 1.807) is 30.6 Å². The summed E-state index contributed by atoms with van der Waals surface area (Å²) < 4.78 is 5.21. The summed E-state index contributed by atoms with van der Waals surface area (Å²) in [5.74, 6) is 1.22. The Morgan fingerprint density at radius 3 is 2.76 bits per heavy atom. The van der Waals surface area contributed by atoms with Gasteiger partial charge in [-0.15, -0.1) is 0 Å². The highest BCUT2D eigenvalue weighted by Gasteiger charge is 2.12. The fraction of sp³-hybridized carbons (Fsp3) is 0.400. The summed E-state index contributed by atoms with van der Waals surface area (Å²) in [6, 6.07) is 3.69. The second-order valence-electron chi connectivity index (χ2n) is 4.81. The van der Waals surface area contributed by atoms with Gasteiger partial charge in [0, 0.05) is 26.0 Å². The van der Waals surface area contributed by atoms with Crippen molar-refractivity contribution in [2.75, 3.05) is 18.9 Å². The smallest absolute Gasteiger partial charge is 0.256 e. The molecule has 0 spiro atoms. The Bertz CT molecular complexity index is 552. The molecular weight excluding hydrogens is 268 g/mol. The SMILES string of the molecule is CCCCN(C)C(=O)c1cnc(NCc2ccco2)nc1. The van der Waals surface area contributed by atoms with Gasteiger partial charge in [-0.2, -0.15) is 0 Å². The van der Waals surface area contributed by atoms with Crippen LogP contribution in [-0.2, 0) is 6.54 Å². The van der Waals surface area contributed by atoms with E-state index in [0.29, 0.717) is 18.1 Å². The van der Waals surface area contributed by atoms with Crippen molar-refractivity contribution in [2.45, 2.75) is 26.3 Å². The minimum Gasteiger partial charge on any atom is -0.467 e. The third-order valence-electron chi connectivity index (χ3n) is 3.09. The number of carbonyl (C=O) groups excluding carboxylic acids is 1. The van der Waals surface area contributed by atoms with Gasteiger partial charge in [-0.1, -0.05) is 13.3 Å². The summed E-state index contributed by atoms with van der Waals surface area (Å²) in [6.07, 6.45) is 6.76. The fourth-order valence-corrected chi connectivity index (χ4v) is 1.83. The molecule has 0 saturated carbocycles. The van der Waals surface area contributed by atoms with Crippen LogP contribution in [0.4, 0.5) is 5.95 Å². The van der Waals surface area contributed by atoms with E-state index in [2.05, 4.69) is 22.2 Å². The van der Waals surface area contributed by atoms with E-state index < -0.39 is 0 Å². The third kappa shape index (κ3) is 4.30. The van der Waals surface area contributed by atoms with Gasteiger partial charge in [0.1, 0.15) is 5.76 Å². The average molecular weight is 288 g/mol. The lowest BCUT2D eigenvalue weighted by Crippen LogP contribution is -2.28. The van der Waals surface area contributed by atoms with Crippen LogP contribution in [0.1, 0.15) is 35.9 Å². The van der Waals surface area contributed by atoms with Gasteiger partial charge in [0.2, 0.25) is 5.95 Å². The van der Waals surface area contributed by atoms with E-state index >= 15 is 0 Å². The zero-order valence-electron chi connectivity index (χ0n) is 12.4. The van der Waals surface area contributed by atoms with Crippen LogP contribution in [0.5, 0.6) is 0 Å². The van der Waals surface area contributed by atoms with Gasteiger partial charge in [-0.3, -0.25) is 4.79 Å². The largest absolute Gasteiger partial charge is 0.467 e. The van der Waals surface area contributed by atoms with Crippen molar-refractivity contribution < 1.29 is 9.21 Å². The molecular formula is C15H20N4O2. The molecule has 0 fully saturated rings. The van der Waals surface area contributed by atoms with Gasteiger partial charge >= 0.3 is 0 Å². The number of amides is 1. The Kier molecular flexibility index (Phi) is 5.31. The van der Waals surface area contributed by atoms with Crippen molar-refractivity contribution in [1.29, 1.82) is 0 Å². The normalized spacial score (nSPS) is 10.4. The first kappa shape index (κ1) is 15.0. The topological polar surface area (TPSA) is 71.3 Å². The Balaban J connectivity index is 1.90. The van der Waals surface area contributed by atoms with Gasteiger partial charge in [-0.05, 0) is 18.6 Å². The molecule has 2 rings (SSSR count). The van der Waals surface area contributed by atoms with Gasteiger partial charge in [0.15, 0.2) is 0 Å². The molecule has 0 saturated heterocycles. The van der Waals surface area contributed by atoms with Crippen molar-refractivity contribution in [2.24, 2.45) is 0 Å². The summed E-state index contributed by atoms with van der Waals surface area (Å²) in [4.78, 5) is 22.1. The van der Waals surface area contributed by atoms with E-state index in [4.69, 9.17) is 4.42 Å². The second kappa shape index (κ2) is 7.42. The maximum atomic E-state index is 12.1. The predicted molar refractivity (Wildman–Crippen MR) is 79.9 cm³/mol. The van der Waals surface area contributed by atoms with E-state index in [0.717, 1.165) is 25.1 Å². The molecule has 0 aromatic carbocycles. The van der Waals surface area contributed by atoms with E-state index in [9.17, 15) is 4.79 Å². The Morgan fingerprint density at radius 2 is 2.14 bits per heavy atom. The monoisotopic (exact) mass is 288 g/mol. The number of hydrogen-bond donors (Lipinski definition) is 1. The molecule has 0 aliphatic carbocycles. The molecule has 2 aromatic heterocycles. The number of anilines is 1. The Labute approximate surface area is 124 Å². The number of nitrogens with one attached hydrogen (secondary N) is 1. The minimum absolute atomic E-state index is 0.0546. The Morgan fingerprint density at radius 1 is 1.38 bits per heavy atom. The lowest BCUT2D eigenvalue weighted by atomic mass is 10.2. The lowest BCUT2D eigenvalue weighted by Gasteiger charge is -2.16. The predicted octanol–water partition coefficient (Wildman–Crippen LogP) is 2.55. The number of carbonyl (C=O) groups is 1. The van der Waals surface area contributed by atoms with Gasteiger partial charge in [0.05, 0.1) is 18.4 Å². The summed E-state index contributed by atoms with van der Waals surface area (Å²) in [5, 5.41) is 3.04. The number of aromatic nitrogens is 2. The van der Waals surface area contributed by atoms with Crippen molar-refractivity contribution in [3.05, 3.63) is 42.1 Å². The maximum absolute atomic E-state index is 12.1. The van der Waals surface area contributed by atoms with Crippen molar-refractivity contribution in [1.82, 2.24) is 14.9 Å². The first-order valence-corrected chi connectivity index (χ1v) is 7.04. The van der Waals surface area contributed by atoms with Crippen LogP contribution >= 0.6 is 0 Å². The standard InChI is InChI=1S/C15H20N4O2/c1-3-4-7-19(2)14(20)12-9-16-15(17-10-12)18-11-13-6-5-8-21-13/h5-6,8-10H,3-4,7,11H2,1-2H3,(H,16,17,18). The molecule has 0 aliphatic rings. The number of rotatable bonds is 7. The molecule has 0 unspecified atom stereocenters. The van der Waals surface area contributed by atoms with Crippen LogP contribution < -0.4 is 5.32 Å². The van der Waals surface area contributed by atoms with Gasteiger partial charge < -0.3 is 14.6 Å². The molecule has 0 aliphatic heterocycles. The minimum atomic E-state index is -0.0546. The third-order valence-corrected chi connectivity index (χ3v) is 3.09. The first-order valence-electron chi connectivity index (χ1n) is 7.04. The van der Waals surface area contributed by atoms with Crippen LogP contribution in [0.25, 0.3) is 0 Å². The van der Waals surface area contributed by atoms with Crippen LogP contribution in [0.2, 0.25) is 0 Å². The number of hydrogen-bond acceptors (Lipinski definition) is 5. The molecule has 21 heavy (non-hydrogen) atoms. The lowest BCUT2D eigenvalue weighted by molar-refractivity contribution is 0.0792. The first-order chi connectivity index (χ1) is 10.2. The van der Waals surface area contributed by atoms with Crippen LogP contribution in [0.3, 0.4) is 0 Å². The van der Waals surface area contributed by atoms with Crippen molar-refractivity contribution >= 4 is 11.9 Å². The number of nitrogens with zero attached hydrogens (tertiary/aromatic N) is 3. The highest BCUT2D eigenvalue weighted by molar-refractivity contribution is 5.93. The van der Waals surface area contributed by atoms with Crippen molar-refractivity contribution in [3.63, 3.8) is 0 Å². The molecule has 2 aromatic rings. The summed E-state index contributed by atoms with van der Waals surface area (Å²) in [7, 11) is 1.79. The second-order valence-corrected chi connectivity index (χ2v) is 4.81. The summed E-state index contributed by atoms with van der Waals surface area (Å²) in [5.41, 5.74) is 0.497. The molecule has 0 bridgehead atoms. The molecule has 1 amide bonds. The number of unbranched alkanes of at least 4 members (excludes halogenated alkanes) is 1. The molecule has 0 atom stereocenters. The quantitative estimate of drug-likeness (QED) is 0.847. The molecule has 6 heteroatoms. The Hall–Kier alpha value is -2.37. The summed E-state index contributed by atoms with van der Waals surface area (Å²) in [6.45, 7) is 3.35. The van der Waals surface area contributed by atoms with Crippen molar-refractivity contribution in [3.8, 4) is 0 Å². The van der Waals surface area contributed by atoms with E-state index in [-0.39, 0.29) is 5.91 Å². The molecule has 6 nitrogen and oxygen atoms in total. The van der Waals surface area contributed by atoms with Gasteiger partial charge in [-0.25, -0.2) is 9.97 Å². The zero-order chi connectivity index (χ0) is 15.1. The molecule has 2 heterocycles. The number of furan rings is 1. The van der Waals surface area contributed by atoms with Crippen LogP contribution in [-0.4, -0.2) is 34.4 Å². The molecule has 112 valence electrons. The maximum Gasteiger partial charge on any atom is 0.256 e. The van der Waals surface area contributed by atoms with Gasteiger partial charge in [0.25, 0.3) is 5.91 Å². The molecule has 1 N–H and O–H groups in total. The molecule has 0 radical (unpaired) electrons. The highest BCUT2D eigenvalue weighted by atomic mass is 16.3. The van der Waals surface area contributed by atoms with E-state index in [1.807, 2.05) is 12.1 Å². The zero-order valence-corrected chi connectivity index (χ0v) is 12.4. The average Bonchev–Trinajstić information content (AvgIpc) is 3.04.